The Morgan fingerprint density at radius 1 is 1.03 bits per heavy atom. The molecule has 0 amide bonds. The molecule has 0 spiro atoms. The molecule has 0 bridgehead atoms. The van der Waals surface area contributed by atoms with Crippen molar-refractivity contribution in [1.29, 1.82) is 0 Å². The van der Waals surface area contributed by atoms with Crippen LogP contribution in [0.3, 0.4) is 0 Å². The number of benzene rings is 1. The van der Waals surface area contributed by atoms with E-state index < -0.39 is 5.97 Å². The van der Waals surface area contributed by atoms with Crippen LogP contribution in [-0.4, -0.2) is 33.9 Å². The van der Waals surface area contributed by atoms with E-state index in [9.17, 15) is 14.4 Å². The SMILES string of the molecule is CCOC(=O)c1nn(-c2ccccc2)cc1C(=O)C1CCC2C3CCC4=CC(=O)CCC4(C)C3CCC12C. The number of ether oxygens (including phenoxy) is 1. The number of carbonyl (C=O) groups is 3. The molecule has 2 aromatic rings. The first-order valence-electron chi connectivity index (χ1n) is 14.4. The lowest BCUT2D eigenvalue weighted by Gasteiger charge is -2.58. The fourth-order valence-electron chi connectivity index (χ4n) is 8.80. The van der Waals surface area contributed by atoms with Crippen LogP contribution in [0.25, 0.3) is 5.69 Å². The van der Waals surface area contributed by atoms with Gasteiger partial charge < -0.3 is 4.74 Å². The van der Waals surface area contributed by atoms with Gasteiger partial charge in [0.25, 0.3) is 0 Å². The average Bonchev–Trinajstić information content (AvgIpc) is 3.51. The molecular weight excluding hydrogens is 476 g/mol. The highest BCUT2D eigenvalue weighted by molar-refractivity contribution is 6.06. The first-order valence-corrected chi connectivity index (χ1v) is 14.4. The molecule has 0 aliphatic heterocycles. The zero-order valence-electron chi connectivity index (χ0n) is 22.7. The van der Waals surface area contributed by atoms with Gasteiger partial charge in [-0.3, -0.25) is 9.59 Å². The Morgan fingerprint density at radius 2 is 1.82 bits per heavy atom. The first kappa shape index (κ1) is 25.3. The van der Waals surface area contributed by atoms with Crippen LogP contribution in [0, 0.1) is 34.5 Å². The molecule has 6 atom stereocenters. The first-order chi connectivity index (χ1) is 18.3. The predicted octanol–water partition coefficient (Wildman–Crippen LogP) is 6.38. The van der Waals surface area contributed by atoms with Crippen LogP contribution < -0.4 is 0 Å². The maximum Gasteiger partial charge on any atom is 0.359 e. The Bertz CT molecular complexity index is 1310. The van der Waals surface area contributed by atoms with Crippen LogP contribution in [0.15, 0.2) is 48.2 Å². The van der Waals surface area contributed by atoms with Crippen LogP contribution in [0.2, 0.25) is 0 Å². The minimum Gasteiger partial charge on any atom is -0.461 e. The highest BCUT2D eigenvalue weighted by atomic mass is 16.5. The summed E-state index contributed by atoms with van der Waals surface area (Å²) in [5.41, 5.74) is 2.70. The van der Waals surface area contributed by atoms with Crippen molar-refractivity contribution < 1.29 is 19.1 Å². The van der Waals surface area contributed by atoms with Crippen molar-refractivity contribution >= 4 is 17.5 Å². The molecule has 0 N–H and O–H groups in total. The second-order valence-electron chi connectivity index (χ2n) is 12.4. The second-order valence-corrected chi connectivity index (χ2v) is 12.4. The summed E-state index contributed by atoms with van der Waals surface area (Å²) in [5, 5.41) is 4.53. The summed E-state index contributed by atoms with van der Waals surface area (Å²) in [7, 11) is 0. The van der Waals surface area contributed by atoms with E-state index in [0.717, 1.165) is 50.6 Å². The van der Waals surface area contributed by atoms with Crippen LogP contribution in [0.5, 0.6) is 0 Å². The summed E-state index contributed by atoms with van der Waals surface area (Å²) in [4.78, 5) is 39.3. The number of aromatic nitrogens is 2. The lowest BCUT2D eigenvalue weighted by molar-refractivity contribution is -0.117. The van der Waals surface area contributed by atoms with Gasteiger partial charge in [-0.25, -0.2) is 9.48 Å². The molecule has 0 saturated heterocycles. The van der Waals surface area contributed by atoms with Gasteiger partial charge in [-0.1, -0.05) is 37.6 Å². The molecule has 3 saturated carbocycles. The fraction of sp³-hybridized carbons (Fsp3) is 0.562. The maximum absolute atomic E-state index is 14.3. The summed E-state index contributed by atoms with van der Waals surface area (Å²) in [6.07, 6.45) is 11.4. The van der Waals surface area contributed by atoms with Gasteiger partial charge in [0.05, 0.1) is 17.9 Å². The Kier molecular flexibility index (Phi) is 6.20. The number of allylic oxidation sites excluding steroid dienone is 1. The van der Waals surface area contributed by atoms with E-state index in [1.807, 2.05) is 36.4 Å². The molecule has 200 valence electrons. The normalized spacial score (nSPS) is 34.1. The maximum atomic E-state index is 14.3. The molecule has 3 fully saturated rings. The molecule has 4 aliphatic rings. The monoisotopic (exact) mass is 514 g/mol. The van der Waals surface area contributed by atoms with Crippen LogP contribution in [-0.2, 0) is 9.53 Å². The molecule has 4 aliphatic carbocycles. The number of rotatable bonds is 5. The van der Waals surface area contributed by atoms with E-state index in [4.69, 9.17) is 4.74 Å². The van der Waals surface area contributed by atoms with E-state index in [1.165, 1.54) is 5.57 Å². The zero-order chi connectivity index (χ0) is 26.7. The predicted molar refractivity (Wildman–Crippen MR) is 144 cm³/mol. The molecular formula is C32H38N2O4. The van der Waals surface area contributed by atoms with Gasteiger partial charge in [-0.05, 0) is 98.7 Å². The average molecular weight is 515 g/mol. The summed E-state index contributed by atoms with van der Waals surface area (Å²) in [6, 6.07) is 9.58. The minimum atomic E-state index is -0.541. The highest BCUT2D eigenvalue weighted by Gasteiger charge is 2.60. The molecule has 6 heteroatoms. The number of carbonyl (C=O) groups excluding carboxylic acids is 3. The largest absolute Gasteiger partial charge is 0.461 e. The van der Waals surface area contributed by atoms with Gasteiger partial charge >= 0.3 is 5.97 Å². The summed E-state index contributed by atoms with van der Waals surface area (Å²) in [5.74, 6) is 1.30. The minimum absolute atomic E-state index is 0.0320. The number of ketones is 2. The molecule has 38 heavy (non-hydrogen) atoms. The summed E-state index contributed by atoms with van der Waals surface area (Å²) >= 11 is 0. The van der Waals surface area contributed by atoms with Crippen molar-refractivity contribution in [1.82, 2.24) is 9.78 Å². The van der Waals surface area contributed by atoms with Crippen molar-refractivity contribution in [3.8, 4) is 5.69 Å². The molecule has 1 aromatic carbocycles. The van der Waals surface area contributed by atoms with Crippen molar-refractivity contribution in [2.24, 2.45) is 34.5 Å². The lowest BCUT2D eigenvalue weighted by atomic mass is 9.46. The van der Waals surface area contributed by atoms with E-state index >= 15 is 0 Å². The Labute approximate surface area is 224 Å². The Balaban J connectivity index is 1.31. The smallest absolute Gasteiger partial charge is 0.359 e. The second kappa shape index (κ2) is 9.32. The standard InChI is InChI=1S/C32H38N2O4/c1-4-38-30(37)28-24(19-34(33-28)21-8-6-5-7-9-21)29(36)27-13-12-25-23-11-10-20-18-22(35)14-16-31(20,2)26(23)15-17-32(25,27)3/h5-9,18-19,23,25-27H,4,10-17H2,1-3H3. The number of fused-ring (bicyclic) bond motifs is 5. The molecule has 6 nitrogen and oxygen atoms in total. The van der Waals surface area contributed by atoms with Crippen LogP contribution >= 0.6 is 0 Å². The summed E-state index contributed by atoms with van der Waals surface area (Å²) < 4.78 is 6.94. The van der Waals surface area contributed by atoms with Crippen molar-refractivity contribution in [3.63, 3.8) is 0 Å². The van der Waals surface area contributed by atoms with Gasteiger partial charge in [0.1, 0.15) is 0 Å². The van der Waals surface area contributed by atoms with E-state index in [0.29, 0.717) is 29.7 Å². The molecule has 6 unspecified atom stereocenters. The van der Waals surface area contributed by atoms with Gasteiger partial charge in [0.15, 0.2) is 17.3 Å². The van der Waals surface area contributed by atoms with Gasteiger partial charge in [0.2, 0.25) is 0 Å². The number of hydrogen-bond acceptors (Lipinski definition) is 5. The van der Waals surface area contributed by atoms with Gasteiger partial charge in [0, 0.05) is 18.5 Å². The Hall–Kier alpha value is -3.02. The zero-order valence-corrected chi connectivity index (χ0v) is 22.7. The number of para-hydroxylation sites is 1. The van der Waals surface area contributed by atoms with E-state index in [1.54, 1.807) is 17.8 Å². The third-order valence-electron chi connectivity index (χ3n) is 10.7. The number of esters is 1. The third kappa shape index (κ3) is 3.82. The van der Waals surface area contributed by atoms with Crippen molar-refractivity contribution in [2.75, 3.05) is 6.61 Å². The molecule has 1 aromatic heterocycles. The number of Topliss-reactive ketones (excluding diaryl/α,β-unsaturated/α-hetero) is 1. The van der Waals surface area contributed by atoms with E-state index in [-0.39, 0.29) is 40.6 Å². The lowest BCUT2D eigenvalue weighted by Crippen LogP contribution is -2.51. The van der Waals surface area contributed by atoms with Crippen molar-refractivity contribution in [2.45, 2.75) is 72.1 Å². The summed E-state index contributed by atoms with van der Waals surface area (Å²) in [6.45, 7) is 6.72. The third-order valence-corrected chi connectivity index (χ3v) is 10.7. The van der Waals surface area contributed by atoms with Gasteiger partial charge in [-0.2, -0.15) is 5.10 Å². The van der Waals surface area contributed by atoms with Gasteiger partial charge in [-0.15, -0.1) is 0 Å². The van der Waals surface area contributed by atoms with Crippen LogP contribution in [0.4, 0.5) is 0 Å². The van der Waals surface area contributed by atoms with Crippen molar-refractivity contribution in [3.05, 3.63) is 59.4 Å². The number of hydrogen-bond donors (Lipinski definition) is 0. The molecule has 6 rings (SSSR count). The Morgan fingerprint density at radius 3 is 2.58 bits per heavy atom. The molecule has 1 heterocycles. The number of nitrogens with zero attached hydrogens (tertiary/aromatic N) is 2. The quantitative estimate of drug-likeness (QED) is 0.342. The topological polar surface area (TPSA) is 78.3 Å². The fourth-order valence-corrected chi connectivity index (χ4v) is 8.80. The van der Waals surface area contributed by atoms with E-state index in [2.05, 4.69) is 18.9 Å². The highest BCUT2D eigenvalue weighted by Crippen LogP contribution is 2.66. The van der Waals surface area contributed by atoms with Crippen LogP contribution in [0.1, 0.15) is 93.0 Å². The molecule has 0 radical (unpaired) electrons.